The minimum Gasteiger partial charge on any atom is -0.378 e. The first kappa shape index (κ1) is 9.61. The average Bonchev–Trinajstić information content (AvgIpc) is 2.63. The number of halogens is 1. The van der Waals surface area contributed by atoms with Crippen molar-refractivity contribution >= 4 is 33.0 Å². The quantitative estimate of drug-likeness (QED) is 0.931. The van der Waals surface area contributed by atoms with Crippen molar-refractivity contribution in [2.45, 2.75) is 6.54 Å². The van der Waals surface area contributed by atoms with Gasteiger partial charge in [-0.05, 0) is 22.0 Å². The van der Waals surface area contributed by atoms with Crippen molar-refractivity contribution < 1.29 is 0 Å². The molecule has 0 aromatic carbocycles. The number of nitrogens with zero attached hydrogens (tertiary/aromatic N) is 2. The highest BCUT2D eigenvalue weighted by molar-refractivity contribution is 9.10. The highest BCUT2D eigenvalue weighted by atomic mass is 79.9. The van der Waals surface area contributed by atoms with Crippen LogP contribution in [0, 0.1) is 0 Å². The molecular formula is C9H8BrN3S. The largest absolute Gasteiger partial charge is 0.378 e. The molecule has 2 aromatic heterocycles. The molecule has 1 N–H and O–H groups in total. The number of thiophene rings is 1. The van der Waals surface area contributed by atoms with Gasteiger partial charge in [0.1, 0.15) is 6.33 Å². The van der Waals surface area contributed by atoms with E-state index in [2.05, 4.69) is 42.7 Å². The number of nitrogens with one attached hydrogen (secondary N) is 1. The minimum absolute atomic E-state index is 0.809. The Bertz CT molecular complexity index is 401. The van der Waals surface area contributed by atoms with Crippen LogP contribution in [0.2, 0.25) is 0 Å². The maximum absolute atomic E-state index is 3.92. The maximum Gasteiger partial charge on any atom is 0.115 e. The van der Waals surface area contributed by atoms with Crippen LogP contribution in [-0.4, -0.2) is 9.97 Å². The molecule has 0 aliphatic heterocycles. The van der Waals surface area contributed by atoms with Crippen LogP contribution >= 0.6 is 27.3 Å². The second-order valence-corrected chi connectivity index (χ2v) is 4.62. The summed E-state index contributed by atoms with van der Waals surface area (Å²) >= 11 is 5.13. The Morgan fingerprint density at radius 2 is 2.14 bits per heavy atom. The fourth-order valence-corrected chi connectivity index (χ4v) is 2.42. The van der Waals surface area contributed by atoms with Gasteiger partial charge in [0, 0.05) is 21.3 Å². The van der Waals surface area contributed by atoms with E-state index in [9.17, 15) is 0 Å². The van der Waals surface area contributed by atoms with Gasteiger partial charge in [-0.3, -0.25) is 0 Å². The number of anilines is 1. The topological polar surface area (TPSA) is 37.8 Å². The highest BCUT2D eigenvalue weighted by Crippen LogP contribution is 2.20. The predicted octanol–water partition coefficient (Wildman–Crippen LogP) is 2.91. The first-order valence-corrected chi connectivity index (χ1v) is 5.73. The van der Waals surface area contributed by atoms with Crippen molar-refractivity contribution in [2.24, 2.45) is 0 Å². The lowest BCUT2D eigenvalue weighted by molar-refractivity contribution is 1.12. The van der Waals surface area contributed by atoms with Gasteiger partial charge in [-0.25, -0.2) is 9.97 Å². The zero-order valence-electron chi connectivity index (χ0n) is 7.27. The molecule has 2 aromatic rings. The zero-order valence-corrected chi connectivity index (χ0v) is 9.68. The molecule has 0 atom stereocenters. The average molecular weight is 270 g/mol. The summed E-state index contributed by atoms with van der Waals surface area (Å²) in [4.78, 5) is 9.12. The van der Waals surface area contributed by atoms with E-state index in [1.807, 2.05) is 0 Å². The van der Waals surface area contributed by atoms with E-state index in [0.717, 1.165) is 16.7 Å². The molecule has 0 unspecified atom stereocenters. The highest BCUT2D eigenvalue weighted by Gasteiger charge is 1.97. The molecule has 0 aliphatic carbocycles. The number of rotatable bonds is 3. The van der Waals surface area contributed by atoms with Crippen molar-refractivity contribution in [2.75, 3.05) is 5.32 Å². The zero-order chi connectivity index (χ0) is 9.80. The first-order chi connectivity index (χ1) is 6.84. The van der Waals surface area contributed by atoms with Crippen molar-refractivity contribution in [1.82, 2.24) is 9.97 Å². The van der Waals surface area contributed by atoms with Crippen LogP contribution in [-0.2, 0) is 6.54 Å². The summed E-state index contributed by atoms with van der Waals surface area (Å²) in [6.07, 6.45) is 5.04. The molecule has 14 heavy (non-hydrogen) atoms. The summed E-state index contributed by atoms with van der Waals surface area (Å²) in [7, 11) is 0. The molecule has 0 spiro atoms. The third-order valence-corrected chi connectivity index (χ3v) is 3.35. The molecule has 0 fully saturated rings. The second kappa shape index (κ2) is 4.52. The normalized spacial score (nSPS) is 10.1. The summed E-state index contributed by atoms with van der Waals surface area (Å²) in [6.45, 7) is 0.809. The third-order valence-electron chi connectivity index (χ3n) is 1.65. The van der Waals surface area contributed by atoms with Crippen LogP contribution in [0.4, 0.5) is 5.69 Å². The van der Waals surface area contributed by atoms with Crippen LogP contribution in [0.15, 0.2) is 34.6 Å². The van der Waals surface area contributed by atoms with E-state index < -0.39 is 0 Å². The van der Waals surface area contributed by atoms with Crippen LogP contribution in [0.3, 0.4) is 0 Å². The maximum atomic E-state index is 3.92. The van der Waals surface area contributed by atoms with Crippen LogP contribution in [0.5, 0.6) is 0 Å². The van der Waals surface area contributed by atoms with E-state index >= 15 is 0 Å². The summed E-state index contributed by atoms with van der Waals surface area (Å²) in [6, 6.07) is 2.10. The molecule has 0 radical (unpaired) electrons. The summed E-state index contributed by atoms with van der Waals surface area (Å²) in [5.74, 6) is 0. The molecule has 2 rings (SSSR count). The fourth-order valence-electron chi connectivity index (χ4n) is 1.03. The van der Waals surface area contributed by atoms with Gasteiger partial charge in [0.25, 0.3) is 0 Å². The molecule has 72 valence electrons. The van der Waals surface area contributed by atoms with E-state index in [0.29, 0.717) is 0 Å². The van der Waals surface area contributed by atoms with Crippen LogP contribution in [0.1, 0.15) is 4.88 Å². The van der Waals surface area contributed by atoms with Gasteiger partial charge in [0.2, 0.25) is 0 Å². The third kappa shape index (κ3) is 2.52. The molecule has 0 saturated heterocycles. The Morgan fingerprint density at radius 1 is 1.36 bits per heavy atom. The van der Waals surface area contributed by atoms with Crippen LogP contribution < -0.4 is 5.32 Å². The molecule has 0 saturated carbocycles. The lowest BCUT2D eigenvalue weighted by Gasteiger charge is -2.01. The Hall–Kier alpha value is -0.940. The van der Waals surface area contributed by atoms with Gasteiger partial charge >= 0.3 is 0 Å². The molecule has 0 amide bonds. The predicted molar refractivity (Wildman–Crippen MR) is 61.4 cm³/mol. The van der Waals surface area contributed by atoms with E-state index in [4.69, 9.17) is 0 Å². The summed E-state index contributed by atoms with van der Waals surface area (Å²) < 4.78 is 1.13. The Kier molecular flexibility index (Phi) is 3.10. The second-order valence-electron chi connectivity index (χ2n) is 2.71. The van der Waals surface area contributed by atoms with E-state index in [-0.39, 0.29) is 0 Å². The van der Waals surface area contributed by atoms with Crippen LogP contribution in [0.25, 0.3) is 0 Å². The van der Waals surface area contributed by atoms with Crippen molar-refractivity contribution in [1.29, 1.82) is 0 Å². The minimum atomic E-state index is 0.809. The number of hydrogen-bond donors (Lipinski definition) is 1. The Balaban J connectivity index is 1.95. The molecule has 2 heterocycles. The lowest BCUT2D eigenvalue weighted by Crippen LogP contribution is -1.97. The summed E-state index contributed by atoms with van der Waals surface area (Å²) in [5.41, 5.74) is 0.942. The van der Waals surface area contributed by atoms with Gasteiger partial charge in [0.15, 0.2) is 0 Å². The number of aromatic nitrogens is 2. The monoisotopic (exact) mass is 269 g/mol. The summed E-state index contributed by atoms with van der Waals surface area (Å²) in [5, 5.41) is 5.31. The van der Waals surface area contributed by atoms with E-state index in [1.165, 1.54) is 11.2 Å². The Labute approximate surface area is 94.4 Å². The Morgan fingerprint density at radius 3 is 2.79 bits per heavy atom. The van der Waals surface area contributed by atoms with Gasteiger partial charge in [0.05, 0.1) is 18.1 Å². The van der Waals surface area contributed by atoms with Crippen molar-refractivity contribution in [3.8, 4) is 0 Å². The van der Waals surface area contributed by atoms with Gasteiger partial charge in [-0.1, -0.05) is 0 Å². The standard InChI is InChI=1S/C9H8BrN3S/c10-7-1-9(14-5-7)4-13-8-2-11-6-12-3-8/h1-3,5-6,13H,4H2. The smallest absolute Gasteiger partial charge is 0.115 e. The van der Waals surface area contributed by atoms with Gasteiger partial charge < -0.3 is 5.32 Å². The molecule has 3 nitrogen and oxygen atoms in total. The first-order valence-electron chi connectivity index (χ1n) is 4.06. The fraction of sp³-hybridized carbons (Fsp3) is 0.111. The molecular weight excluding hydrogens is 262 g/mol. The van der Waals surface area contributed by atoms with Gasteiger partial charge in [-0.2, -0.15) is 0 Å². The SMILES string of the molecule is Brc1csc(CNc2cncnc2)c1. The van der Waals surface area contributed by atoms with Crippen molar-refractivity contribution in [3.63, 3.8) is 0 Å². The molecule has 5 heteroatoms. The number of hydrogen-bond acceptors (Lipinski definition) is 4. The van der Waals surface area contributed by atoms with Crippen molar-refractivity contribution in [3.05, 3.63) is 39.5 Å². The van der Waals surface area contributed by atoms with E-state index in [1.54, 1.807) is 23.7 Å². The lowest BCUT2D eigenvalue weighted by atomic mass is 10.4. The molecule has 0 bridgehead atoms. The molecule has 0 aliphatic rings. The van der Waals surface area contributed by atoms with Gasteiger partial charge in [-0.15, -0.1) is 11.3 Å².